The molecule has 0 N–H and O–H groups in total. The van der Waals surface area contributed by atoms with E-state index in [-0.39, 0.29) is 0 Å². The quantitative estimate of drug-likeness (QED) is 0.657. The zero-order valence-electron chi connectivity index (χ0n) is 9.59. The molecule has 0 bridgehead atoms. The SMILES string of the molecule is Cc1cccc(C)c1CC1CCCC1Cl. The van der Waals surface area contributed by atoms with E-state index >= 15 is 0 Å². The largest absolute Gasteiger partial charge is 0.123 e. The molecule has 1 heteroatoms. The standard InChI is InChI=1S/C14H19Cl/c1-10-5-3-6-11(2)13(10)9-12-7-4-8-14(12)15/h3,5-6,12,14H,4,7-9H2,1-2H3. The Morgan fingerprint density at radius 2 is 1.87 bits per heavy atom. The molecule has 82 valence electrons. The van der Waals surface area contributed by atoms with E-state index in [1.165, 1.54) is 42.4 Å². The molecular formula is C14H19Cl. The molecule has 2 atom stereocenters. The highest BCUT2D eigenvalue weighted by atomic mass is 35.5. The molecule has 0 saturated heterocycles. The minimum absolute atomic E-state index is 0.406. The molecule has 0 heterocycles. The number of hydrogen-bond acceptors (Lipinski definition) is 0. The van der Waals surface area contributed by atoms with Crippen molar-refractivity contribution in [3.8, 4) is 0 Å². The van der Waals surface area contributed by atoms with Crippen molar-refractivity contribution in [1.82, 2.24) is 0 Å². The van der Waals surface area contributed by atoms with Crippen LogP contribution in [-0.2, 0) is 6.42 Å². The van der Waals surface area contributed by atoms with Crippen LogP contribution in [0.25, 0.3) is 0 Å². The summed E-state index contributed by atoms with van der Waals surface area (Å²) in [5, 5.41) is 0.406. The molecule has 2 unspecified atom stereocenters. The Morgan fingerprint density at radius 3 is 2.40 bits per heavy atom. The Morgan fingerprint density at radius 1 is 1.20 bits per heavy atom. The normalized spacial score (nSPS) is 25.8. The molecule has 15 heavy (non-hydrogen) atoms. The molecule has 0 aliphatic heterocycles. The van der Waals surface area contributed by atoms with Crippen molar-refractivity contribution in [2.45, 2.75) is 44.9 Å². The first kappa shape index (κ1) is 11.0. The summed E-state index contributed by atoms with van der Waals surface area (Å²) in [7, 11) is 0. The average Bonchev–Trinajstić information content (AvgIpc) is 2.58. The van der Waals surface area contributed by atoms with Crippen LogP contribution in [0.4, 0.5) is 0 Å². The summed E-state index contributed by atoms with van der Waals surface area (Å²) in [6.07, 6.45) is 5.00. The first-order valence-electron chi connectivity index (χ1n) is 5.87. The summed E-state index contributed by atoms with van der Waals surface area (Å²) in [6, 6.07) is 6.56. The molecule has 0 spiro atoms. The molecule has 0 nitrogen and oxygen atoms in total. The molecule has 0 amide bonds. The minimum atomic E-state index is 0.406. The summed E-state index contributed by atoms with van der Waals surface area (Å²) in [4.78, 5) is 0. The fourth-order valence-corrected chi connectivity index (χ4v) is 3.02. The van der Waals surface area contributed by atoms with Gasteiger partial charge in [0.05, 0.1) is 0 Å². The van der Waals surface area contributed by atoms with Crippen LogP contribution in [0.5, 0.6) is 0 Å². The number of rotatable bonds is 2. The molecule has 1 aliphatic carbocycles. The molecule has 1 aliphatic rings. The summed E-state index contributed by atoms with van der Waals surface area (Å²) in [5.41, 5.74) is 4.37. The van der Waals surface area contributed by atoms with Gasteiger partial charge < -0.3 is 0 Å². The molecule has 1 saturated carbocycles. The zero-order valence-corrected chi connectivity index (χ0v) is 10.3. The molecule has 0 radical (unpaired) electrons. The monoisotopic (exact) mass is 222 g/mol. The fourth-order valence-electron chi connectivity index (χ4n) is 2.65. The summed E-state index contributed by atoms with van der Waals surface area (Å²) in [5.74, 6) is 0.700. The Bertz CT molecular complexity index is 323. The van der Waals surface area contributed by atoms with Crippen LogP contribution >= 0.6 is 11.6 Å². The van der Waals surface area contributed by atoms with Crippen LogP contribution < -0.4 is 0 Å². The Balaban J connectivity index is 2.16. The smallest absolute Gasteiger partial charge is 0.0367 e. The molecular weight excluding hydrogens is 204 g/mol. The summed E-state index contributed by atoms with van der Waals surface area (Å²) in [6.45, 7) is 4.42. The van der Waals surface area contributed by atoms with Crippen LogP contribution in [0.15, 0.2) is 18.2 Å². The lowest BCUT2D eigenvalue weighted by Crippen LogP contribution is -2.11. The van der Waals surface area contributed by atoms with E-state index < -0.39 is 0 Å². The third-order valence-corrected chi connectivity index (χ3v) is 4.25. The van der Waals surface area contributed by atoms with Gasteiger partial charge in [-0.05, 0) is 55.7 Å². The van der Waals surface area contributed by atoms with Gasteiger partial charge in [-0.3, -0.25) is 0 Å². The number of hydrogen-bond donors (Lipinski definition) is 0. The molecule has 1 aromatic carbocycles. The van der Waals surface area contributed by atoms with E-state index in [9.17, 15) is 0 Å². The second-order valence-electron chi connectivity index (χ2n) is 4.78. The third kappa shape index (κ3) is 2.36. The molecule has 0 aromatic heterocycles. The Labute approximate surface area is 97.6 Å². The van der Waals surface area contributed by atoms with E-state index in [2.05, 4.69) is 32.0 Å². The Kier molecular flexibility index (Phi) is 3.35. The van der Waals surface area contributed by atoms with Gasteiger partial charge >= 0.3 is 0 Å². The van der Waals surface area contributed by atoms with Gasteiger partial charge in [0.15, 0.2) is 0 Å². The summed E-state index contributed by atoms with van der Waals surface area (Å²) >= 11 is 6.33. The van der Waals surface area contributed by atoms with Crippen molar-refractivity contribution < 1.29 is 0 Å². The maximum Gasteiger partial charge on any atom is 0.0367 e. The highest BCUT2D eigenvalue weighted by Gasteiger charge is 2.26. The van der Waals surface area contributed by atoms with Crippen LogP contribution in [0.3, 0.4) is 0 Å². The van der Waals surface area contributed by atoms with Gasteiger partial charge in [0, 0.05) is 5.38 Å². The van der Waals surface area contributed by atoms with Crippen molar-refractivity contribution in [2.75, 3.05) is 0 Å². The number of aryl methyl sites for hydroxylation is 2. The van der Waals surface area contributed by atoms with Gasteiger partial charge in [0.25, 0.3) is 0 Å². The first-order chi connectivity index (χ1) is 7.18. The lowest BCUT2D eigenvalue weighted by atomic mass is 9.92. The van der Waals surface area contributed by atoms with Crippen LogP contribution in [0.1, 0.15) is 36.0 Å². The van der Waals surface area contributed by atoms with Gasteiger partial charge in [-0.1, -0.05) is 24.6 Å². The summed E-state index contributed by atoms with van der Waals surface area (Å²) < 4.78 is 0. The highest BCUT2D eigenvalue weighted by molar-refractivity contribution is 6.20. The highest BCUT2D eigenvalue weighted by Crippen LogP contribution is 2.33. The lowest BCUT2D eigenvalue weighted by molar-refractivity contribution is 0.550. The fraction of sp³-hybridized carbons (Fsp3) is 0.571. The predicted octanol–water partition coefficient (Wildman–Crippen LogP) is 4.25. The number of halogens is 1. The second kappa shape index (κ2) is 4.57. The van der Waals surface area contributed by atoms with Crippen molar-refractivity contribution in [2.24, 2.45) is 5.92 Å². The van der Waals surface area contributed by atoms with Crippen molar-refractivity contribution in [3.63, 3.8) is 0 Å². The van der Waals surface area contributed by atoms with Gasteiger partial charge in [-0.2, -0.15) is 0 Å². The van der Waals surface area contributed by atoms with Crippen molar-refractivity contribution >= 4 is 11.6 Å². The van der Waals surface area contributed by atoms with Crippen molar-refractivity contribution in [1.29, 1.82) is 0 Å². The lowest BCUT2D eigenvalue weighted by Gasteiger charge is -2.17. The number of benzene rings is 1. The first-order valence-corrected chi connectivity index (χ1v) is 6.31. The molecule has 1 fully saturated rings. The van der Waals surface area contributed by atoms with Gasteiger partial charge in [-0.25, -0.2) is 0 Å². The van der Waals surface area contributed by atoms with E-state index in [4.69, 9.17) is 11.6 Å². The average molecular weight is 223 g/mol. The second-order valence-corrected chi connectivity index (χ2v) is 5.34. The third-order valence-electron chi connectivity index (χ3n) is 3.68. The Hall–Kier alpha value is -0.490. The van der Waals surface area contributed by atoms with Gasteiger partial charge in [-0.15, -0.1) is 11.6 Å². The van der Waals surface area contributed by atoms with E-state index in [1.54, 1.807) is 0 Å². The zero-order chi connectivity index (χ0) is 10.8. The van der Waals surface area contributed by atoms with E-state index in [0.29, 0.717) is 11.3 Å². The number of alkyl halides is 1. The van der Waals surface area contributed by atoms with Crippen LogP contribution in [0, 0.1) is 19.8 Å². The minimum Gasteiger partial charge on any atom is -0.123 e. The van der Waals surface area contributed by atoms with E-state index in [1.807, 2.05) is 0 Å². The van der Waals surface area contributed by atoms with Crippen LogP contribution in [0.2, 0.25) is 0 Å². The molecule has 2 rings (SSSR count). The topological polar surface area (TPSA) is 0 Å². The maximum absolute atomic E-state index is 6.33. The molecule has 1 aromatic rings. The maximum atomic E-state index is 6.33. The van der Waals surface area contributed by atoms with Crippen LogP contribution in [-0.4, -0.2) is 5.38 Å². The van der Waals surface area contributed by atoms with Gasteiger partial charge in [0.2, 0.25) is 0 Å². The van der Waals surface area contributed by atoms with Crippen molar-refractivity contribution in [3.05, 3.63) is 34.9 Å². The van der Waals surface area contributed by atoms with E-state index in [0.717, 1.165) is 0 Å². The predicted molar refractivity (Wildman–Crippen MR) is 66.6 cm³/mol. The van der Waals surface area contributed by atoms with Gasteiger partial charge in [0.1, 0.15) is 0 Å².